The van der Waals surface area contributed by atoms with Gasteiger partial charge >= 0.3 is 0 Å². The summed E-state index contributed by atoms with van der Waals surface area (Å²) in [6.07, 6.45) is 2.66. The molecule has 2 aromatic rings. The molecule has 0 amide bonds. The second-order valence-corrected chi connectivity index (χ2v) is 8.10. The van der Waals surface area contributed by atoms with Crippen LogP contribution in [-0.2, 0) is 29.6 Å². The van der Waals surface area contributed by atoms with Gasteiger partial charge in [0.2, 0.25) is 10.0 Å². The molecule has 2 N–H and O–H groups in total. The van der Waals surface area contributed by atoms with Gasteiger partial charge in [0.15, 0.2) is 0 Å². The number of thiazole rings is 1. The summed E-state index contributed by atoms with van der Waals surface area (Å²) in [5.41, 5.74) is 0.653. The fraction of sp³-hybridized carbons (Fsp3) is 0.417. The van der Waals surface area contributed by atoms with Crippen molar-refractivity contribution in [2.75, 3.05) is 0 Å². The predicted octanol–water partition coefficient (Wildman–Crippen LogP) is 2.05. The summed E-state index contributed by atoms with van der Waals surface area (Å²) in [5.74, 6) is 0. The minimum Gasteiger partial charge on any atom is -0.391 e. The maximum absolute atomic E-state index is 12.3. The number of thiophene rings is 1. The Labute approximate surface area is 126 Å². The average Bonchev–Trinajstić information content (AvgIpc) is 3.02. The van der Waals surface area contributed by atoms with E-state index in [9.17, 15) is 13.5 Å². The van der Waals surface area contributed by atoms with Crippen LogP contribution in [0.4, 0.5) is 0 Å². The summed E-state index contributed by atoms with van der Waals surface area (Å²) in [5, 5.41) is 11.7. The zero-order chi connectivity index (χ0) is 14.8. The molecule has 0 spiro atoms. The minimum atomic E-state index is -3.62. The van der Waals surface area contributed by atoms with Gasteiger partial charge in [0.1, 0.15) is 9.90 Å². The van der Waals surface area contributed by atoms with Crippen molar-refractivity contribution in [1.82, 2.24) is 9.71 Å². The number of aliphatic hydroxyl groups is 1. The summed E-state index contributed by atoms with van der Waals surface area (Å²) in [6.45, 7) is 3.66. The molecule has 2 aromatic heterocycles. The van der Waals surface area contributed by atoms with Crippen molar-refractivity contribution in [3.63, 3.8) is 0 Å². The van der Waals surface area contributed by atoms with Gasteiger partial charge in [-0.2, -0.15) is 0 Å². The van der Waals surface area contributed by atoms with E-state index in [0.29, 0.717) is 10.4 Å². The monoisotopic (exact) mass is 332 g/mol. The van der Waals surface area contributed by atoms with E-state index in [0.717, 1.165) is 16.3 Å². The average molecular weight is 332 g/mol. The van der Waals surface area contributed by atoms with Gasteiger partial charge in [-0.1, -0.05) is 6.92 Å². The van der Waals surface area contributed by atoms with Crippen molar-refractivity contribution in [3.8, 4) is 0 Å². The lowest BCUT2D eigenvalue weighted by Gasteiger charge is -2.06. The van der Waals surface area contributed by atoms with Crippen LogP contribution in [0.2, 0.25) is 0 Å². The molecule has 0 saturated carbocycles. The van der Waals surface area contributed by atoms with Crippen molar-refractivity contribution in [3.05, 3.63) is 31.9 Å². The molecule has 20 heavy (non-hydrogen) atoms. The van der Waals surface area contributed by atoms with Gasteiger partial charge in [0, 0.05) is 11.1 Å². The maximum Gasteiger partial charge on any atom is 0.242 e. The number of nitrogens with zero attached hydrogens (tertiary/aromatic N) is 1. The number of nitrogens with one attached hydrogen (secondary N) is 1. The molecule has 0 aliphatic rings. The third-order valence-electron chi connectivity index (χ3n) is 2.77. The fourth-order valence-corrected chi connectivity index (χ4v) is 5.32. The zero-order valence-corrected chi connectivity index (χ0v) is 13.7. The Bertz CT molecular complexity index is 689. The highest BCUT2D eigenvalue weighted by molar-refractivity contribution is 7.89. The summed E-state index contributed by atoms with van der Waals surface area (Å²) in [6, 6.07) is 0. The topological polar surface area (TPSA) is 79.3 Å². The second-order valence-electron chi connectivity index (χ2n) is 4.23. The standard InChI is InChI=1S/C12H16N2O3S3/c1-3-9-4-13-11(19-9)5-14-20(16,17)12-8(2)7-18-10(12)6-15/h4,7,14-15H,3,5-6H2,1-2H3. The van der Waals surface area contributed by atoms with Crippen molar-refractivity contribution >= 4 is 32.7 Å². The van der Waals surface area contributed by atoms with Crippen LogP contribution in [0.1, 0.15) is 27.2 Å². The SMILES string of the molecule is CCc1cnc(CNS(=O)(=O)c2c(C)csc2CO)s1. The highest BCUT2D eigenvalue weighted by Gasteiger charge is 2.22. The number of aromatic nitrogens is 1. The first-order chi connectivity index (χ1) is 9.47. The molecule has 2 rings (SSSR count). The molecular weight excluding hydrogens is 316 g/mol. The van der Waals surface area contributed by atoms with E-state index in [1.807, 2.05) is 6.92 Å². The first kappa shape index (κ1) is 15.6. The summed E-state index contributed by atoms with van der Waals surface area (Å²) < 4.78 is 27.2. The van der Waals surface area contributed by atoms with E-state index >= 15 is 0 Å². The molecular formula is C12H16N2O3S3. The first-order valence-corrected chi connectivity index (χ1v) is 9.27. The number of aryl methyl sites for hydroxylation is 2. The van der Waals surface area contributed by atoms with Crippen molar-refractivity contribution in [1.29, 1.82) is 0 Å². The molecule has 8 heteroatoms. The predicted molar refractivity (Wildman–Crippen MR) is 80.5 cm³/mol. The molecule has 0 saturated heterocycles. The molecule has 0 bridgehead atoms. The molecule has 110 valence electrons. The van der Waals surface area contributed by atoms with Gasteiger partial charge in [0.05, 0.1) is 18.0 Å². The van der Waals surface area contributed by atoms with Crippen LogP contribution in [0.15, 0.2) is 16.5 Å². The smallest absolute Gasteiger partial charge is 0.242 e. The van der Waals surface area contributed by atoms with Crippen LogP contribution < -0.4 is 4.72 Å². The first-order valence-electron chi connectivity index (χ1n) is 6.09. The van der Waals surface area contributed by atoms with Gasteiger partial charge in [-0.05, 0) is 24.3 Å². The molecule has 0 fully saturated rings. The molecule has 0 unspecified atom stereocenters. The molecule has 0 aliphatic heterocycles. The van der Waals surface area contributed by atoms with E-state index in [-0.39, 0.29) is 18.0 Å². The minimum absolute atomic E-state index is 0.174. The zero-order valence-electron chi connectivity index (χ0n) is 11.2. The summed E-state index contributed by atoms with van der Waals surface area (Å²) in [4.78, 5) is 5.96. The Balaban J connectivity index is 2.17. The van der Waals surface area contributed by atoms with E-state index < -0.39 is 10.0 Å². The maximum atomic E-state index is 12.3. The normalized spacial score (nSPS) is 11.9. The van der Waals surface area contributed by atoms with Crippen LogP contribution in [0.3, 0.4) is 0 Å². The van der Waals surface area contributed by atoms with E-state index in [2.05, 4.69) is 9.71 Å². The second kappa shape index (κ2) is 6.31. The number of hydrogen-bond donors (Lipinski definition) is 2. The van der Waals surface area contributed by atoms with E-state index in [4.69, 9.17) is 0 Å². The van der Waals surface area contributed by atoms with Crippen molar-refractivity contribution in [2.45, 2.75) is 38.3 Å². The van der Waals surface area contributed by atoms with Gasteiger partial charge in [-0.15, -0.1) is 22.7 Å². The Hall–Kier alpha value is -0.800. The molecule has 2 heterocycles. The lowest BCUT2D eigenvalue weighted by molar-refractivity contribution is 0.282. The largest absolute Gasteiger partial charge is 0.391 e. The molecule has 0 aromatic carbocycles. The number of aliphatic hydroxyl groups excluding tert-OH is 1. The third kappa shape index (κ3) is 3.26. The molecule has 0 aliphatic carbocycles. The van der Waals surface area contributed by atoms with Crippen LogP contribution in [0, 0.1) is 6.92 Å². The van der Waals surface area contributed by atoms with Crippen molar-refractivity contribution in [2.24, 2.45) is 0 Å². The Morgan fingerprint density at radius 2 is 2.20 bits per heavy atom. The van der Waals surface area contributed by atoms with Crippen LogP contribution in [0.25, 0.3) is 0 Å². The lowest BCUT2D eigenvalue weighted by Crippen LogP contribution is -2.24. The highest BCUT2D eigenvalue weighted by Crippen LogP contribution is 2.27. The Morgan fingerprint density at radius 3 is 2.80 bits per heavy atom. The molecule has 0 atom stereocenters. The van der Waals surface area contributed by atoms with Gasteiger partial charge < -0.3 is 5.11 Å². The lowest BCUT2D eigenvalue weighted by atomic mass is 10.3. The summed E-state index contributed by atoms with van der Waals surface area (Å²) >= 11 is 2.75. The van der Waals surface area contributed by atoms with E-state index in [1.165, 1.54) is 22.7 Å². The molecule has 0 radical (unpaired) electrons. The van der Waals surface area contributed by atoms with Gasteiger partial charge in [-0.25, -0.2) is 18.1 Å². The number of sulfonamides is 1. The van der Waals surface area contributed by atoms with Crippen LogP contribution in [-0.4, -0.2) is 18.5 Å². The number of hydrogen-bond acceptors (Lipinski definition) is 6. The Morgan fingerprint density at radius 1 is 1.45 bits per heavy atom. The van der Waals surface area contributed by atoms with Crippen molar-refractivity contribution < 1.29 is 13.5 Å². The number of rotatable bonds is 6. The molecule has 5 nitrogen and oxygen atoms in total. The Kier molecular flexibility index (Phi) is 4.92. The third-order valence-corrected chi connectivity index (χ3v) is 6.76. The quantitative estimate of drug-likeness (QED) is 0.848. The van der Waals surface area contributed by atoms with Crippen LogP contribution in [0.5, 0.6) is 0 Å². The fourth-order valence-electron chi connectivity index (χ4n) is 1.78. The van der Waals surface area contributed by atoms with E-state index in [1.54, 1.807) is 18.5 Å². The van der Waals surface area contributed by atoms with Gasteiger partial charge in [-0.3, -0.25) is 0 Å². The van der Waals surface area contributed by atoms with Gasteiger partial charge in [0.25, 0.3) is 0 Å². The van der Waals surface area contributed by atoms with Crippen LogP contribution >= 0.6 is 22.7 Å². The highest BCUT2D eigenvalue weighted by atomic mass is 32.2. The summed E-state index contributed by atoms with van der Waals surface area (Å²) in [7, 11) is -3.62.